The average Bonchev–Trinajstić information content (AvgIpc) is 2.87. The molecule has 0 fully saturated rings. The number of rotatable bonds is 4. The van der Waals surface area contributed by atoms with Crippen molar-refractivity contribution in [1.82, 2.24) is 4.98 Å². The number of thiazole rings is 1. The number of hydrogen-bond acceptors (Lipinski definition) is 5. The molecular weight excluding hydrogens is 296 g/mol. The molecule has 2 rings (SSSR count). The summed E-state index contributed by atoms with van der Waals surface area (Å²) in [7, 11) is 3.73. The molecular formula is C13H15ClN4OS. The molecule has 1 aromatic carbocycles. The lowest BCUT2D eigenvalue weighted by Gasteiger charge is -2.19. The fraction of sp³-hybridized carbons (Fsp3) is 0.231. The number of carbonyl (C=O) groups is 1. The zero-order chi connectivity index (χ0) is 14.7. The minimum absolute atomic E-state index is 0.272. The summed E-state index contributed by atoms with van der Waals surface area (Å²) in [5, 5.41) is 5.82. The van der Waals surface area contributed by atoms with Crippen LogP contribution in [-0.2, 0) is 6.54 Å². The molecule has 0 saturated heterocycles. The van der Waals surface area contributed by atoms with E-state index in [1.165, 1.54) is 11.3 Å². The van der Waals surface area contributed by atoms with Crippen LogP contribution in [-0.4, -0.2) is 25.0 Å². The van der Waals surface area contributed by atoms with Crippen molar-refractivity contribution in [3.63, 3.8) is 0 Å². The SMILES string of the molecule is CN(C)c1c(Cl)cccc1NC(=O)c1csc(CN)n1. The van der Waals surface area contributed by atoms with Crippen molar-refractivity contribution in [2.75, 3.05) is 24.3 Å². The zero-order valence-electron chi connectivity index (χ0n) is 11.2. The van der Waals surface area contributed by atoms with Crippen molar-refractivity contribution in [2.24, 2.45) is 5.73 Å². The van der Waals surface area contributed by atoms with E-state index in [0.29, 0.717) is 22.9 Å². The number of nitrogens with zero attached hydrogens (tertiary/aromatic N) is 2. The zero-order valence-corrected chi connectivity index (χ0v) is 12.8. The first-order valence-corrected chi connectivity index (χ1v) is 7.20. The van der Waals surface area contributed by atoms with Crippen LogP contribution in [0.2, 0.25) is 5.02 Å². The summed E-state index contributed by atoms with van der Waals surface area (Å²) >= 11 is 7.53. The number of para-hydroxylation sites is 1. The number of nitrogens with two attached hydrogens (primary N) is 1. The van der Waals surface area contributed by atoms with Gasteiger partial charge in [0.1, 0.15) is 10.7 Å². The molecule has 0 spiro atoms. The molecule has 0 atom stereocenters. The van der Waals surface area contributed by atoms with Crippen LogP contribution in [0.5, 0.6) is 0 Å². The van der Waals surface area contributed by atoms with Crippen LogP contribution in [0.25, 0.3) is 0 Å². The maximum absolute atomic E-state index is 12.2. The largest absolute Gasteiger partial charge is 0.375 e. The molecule has 0 aliphatic carbocycles. The molecule has 1 amide bonds. The van der Waals surface area contributed by atoms with Crippen LogP contribution < -0.4 is 16.0 Å². The molecule has 0 unspecified atom stereocenters. The van der Waals surface area contributed by atoms with Gasteiger partial charge >= 0.3 is 0 Å². The summed E-state index contributed by atoms with van der Waals surface area (Å²) in [5.41, 5.74) is 7.26. The second-order valence-electron chi connectivity index (χ2n) is 4.32. The molecule has 5 nitrogen and oxygen atoms in total. The standard InChI is InChI=1S/C13H15ClN4OS/c1-18(2)12-8(14)4-3-5-9(12)17-13(19)10-7-20-11(6-15)16-10/h3-5,7H,6,15H2,1-2H3,(H,17,19). The van der Waals surface area contributed by atoms with Gasteiger partial charge in [-0.15, -0.1) is 11.3 Å². The van der Waals surface area contributed by atoms with Gasteiger partial charge in [-0.1, -0.05) is 17.7 Å². The Labute approximate surface area is 126 Å². The number of amides is 1. The maximum atomic E-state index is 12.2. The summed E-state index contributed by atoms with van der Waals surface area (Å²) in [6.45, 7) is 0.331. The number of hydrogen-bond donors (Lipinski definition) is 2. The highest BCUT2D eigenvalue weighted by Crippen LogP contribution is 2.32. The first-order valence-electron chi connectivity index (χ1n) is 5.94. The molecule has 7 heteroatoms. The van der Waals surface area contributed by atoms with Crippen LogP contribution in [0.3, 0.4) is 0 Å². The van der Waals surface area contributed by atoms with E-state index in [-0.39, 0.29) is 5.91 Å². The van der Waals surface area contributed by atoms with Gasteiger partial charge in [0.15, 0.2) is 0 Å². The van der Waals surface area contributed by atoms with Crippen molar-refractivity contribution in [1.29, 1.82) is 0 Å². The fourth-order valence-corrected chi connectivity index (χ4v) is 2.76. The fourth-order valence-electron chi connectivity index (χ4n) is 1.77. The van der Waals surface area contributed by atoms with E-state index in [1.807, 2.05) is 19.0 Å². The van der Waals surface area contributed by atoms with E-state index >= 15 is 0 Å². The Bertz CT molecular complexity index is 627. The number of benzene rings is 1. The van der Waals surface area contributed by atoms with Gasteiger partial charge in [0.05, 0.1) is 16.4 Å². The van der Waals surface area contributed by atoms with E-state index in [2.05, 4.69) is 10.3 Å². The molecule has 0 radical (unpaired) electrons. The normalized spacial score (nSPS) is 10.4. The van der Waals surface area contributed by atoms with E-state index < -0.39 is 0 Å². The van der Waals surface area contributed by atoms with Crippen LogP contribution in [0.4, 0.5) is 11.4 Å². The Morgan fingerprint density at radius 1 is 1.50 bits per heavy atom. The van der Waals surface area contributed by atoms with Crippen molar-refractivity contribution in [2.45, 2.75) is 6.54 Å². The molecule has 106 valence electrons. The van der Waals surface area contributed by atoms with E-state index in [1.54, 1.807) is 23.6 Å². The van der Waals surface area contributed by atoms with Crippen LogP contribution >= 0.6 is 22.9 Å². The third-order valence-corrected chi connectivity index (χ3v) is 3.82. The molecule has 0 aliphatic rings. The summed E-state index contributed by atoms with van der Waals surface area (Å²) in [6, 6.07) is 5.37. The van der Waals surface area contributed by atoms with Crippen LogP contribution in [0, 0.1) is 0 Å². The monoisotopic (exact) mass is 310 g/mol. The summed E-state index contributed by atoms with van der Waals surface area (Å²) in [4.78, 5) is 18.2. The van der Waals surface area contributed by atoms with Crippen LogP contribution in [0.1, 0.15) is 15.5 Å². The quantitative estimate of drug-likeness (QED) is 0.910. The minimum Gasteiger partial charge on any atom is -0.375 e. The second-order valence-corrected chi connectivity index (χ2v) is 5.67. The van der Waals surface area contributed by atoms with E-state index in [4.69, 9.17) is 17.3 Å². The van der Waals surface area contributed by atoms with Crippen molar-refractivity contribution < 1.29 is 4.79 Å². The third kappa shape index (κ3) is 3.09. The molecule has 20 heavy (non-hydrogen) atoms. The summed E-state index contributed by atoms with van der Waals surface area (Å²) in [6.07, 6.45) is 0. The van der Waals surface area contributed by atoms with Gasteiger partial charge in [-0.2, -0.15) is 0 Å². The lowest BCUT2D eigenvalue weighted by atomic mass is 10.2. The molecule has 1 aromatic heterocycles. The van der Waals surface area contributed by atoms with Gasteiger partial charge in [-0.25, -0.2) is 4.98 Å². The number of aromatic nitrogens is 1. The minimum atomic E-state index is -0.272. The lowest BCUT2D eigenvalue weighted by molar-refractivity contribution is 0.102. The first kappa shape index (κ1) is 14.8. The Hall–Kier alpha value is -1.63. The van der Waals surface area contributed by atoms with Gasteiger partial charge in [0.2, 0.25) is 0 Å². The summed E-state index contributed by atoms with van der Waals surface area (Å²) in [5.74, 6) is -0.272. The molecule has 0 saturated carbocycles. The van der Waals surface area contributed by atoms with E-state index in [0.717, 1.165) is 10.7 Å². The maximum Gasteiger partial charge on any atom is 0.275 e. The highest BCUT2D eigenvalue weighted by Gasteiger charge is 2.15. The first-order chi connectivity index (χ1) is 9.52. The molecule has 3 N–H and O–H groups in total. The van der Waals surface area contributed by atoms with Crippen molar-refractivity contribution >= 4 is 40.2 Å². The second kappa shape index (κ2) is 6.21. The topological polar surface area (TPSA) is 71.2 Å². The smallest absolute Gasteiger partial charge is 0.275 e. The summed E-state index contributed by atoms with van der Waals surface area (Å²) < 4.78 is 0. The highest BCUT2D eigenvalue weighted by atomic mass is 35.5. The van der Waals surface area contributed by atoms with Gasteiger partial charge in [0, 0.05) is 26.0 Å². The Morgan fingerprint density at radius 2 is 2.25 bits per heavy atom. The van der Waals surface area contributed by atoms with Crippen molar-refractivity contribution in [3.8, 4) is 0 Å². The number of halogens is 1. The van der Waals surface area contributed by atoms with Gasteiger partial charge in [-0.05, 0) is 12.1 Å². The van der Waals surface area contributed by atoms with Crippen molar-refractivity contribution in [3.05, 3.63) is 39.3 Å². The van der Waals surface area contributed by atoms with Gasteiger partial charge in [0.25, 0.3) is 5.91 Å². The molecule has 0 aliphatic heterocycles. The molecule has 0 bridgehead atoms. The Kier molecular flexibility index (Phi) is 4.59. The lowest BCUT2D eigenvalue weighted by Crippen LogP contribution is -2.17. The highest BCUT2D eigenvalue weighted by molar-refractivity contribution is 7.09. The number of nitrogens with one attached hydrogen (secondary N) is 1. The molecule has 2 aromatic rings. The number of carbonyl (C=O) groups excluding carboxylic acids is 1. The number of anilines is 2. The van der Waals surface area contributed by atoms with Gasteiger partial charge in [-0.3, -0.25) is 4.79 Å². The predicted molar refractivity (Wildman–Crippen MR) is 83.7 cm³/mol. The van der Waals surface area contributed by atoms with E-state index in [9.17, 15) is 4.79 Å². The predicted octanol–water partition coefficient (Wildman–Crippen LogP) is 2.57. The average molecular weight is 311 g/mol. The Balaban J connectivity index is 2.26. The molecule has 1 heterocycles. The Morgan fingerprint density at radius 3 is 2.85 bits per heavy atom. The van der Waals surface area contributed by atoms with Gasteiger partial charge < -0.3 is 16.0 Å². The third-order valence-electron chi connectivity index (χ3n) is 2.64. The van der Waals surface area contributed by atoms with Crippen LogP contribution in [0.15, 0.2) is 23.6 Å².